The third-order valence-electron chi connectivity index (χ3n) is 7.65. The van der Waals surface area contributed by atoms with E-state index in [4.69, 9.17) is 28.4 Å². The van der Waals surface area contributed by atoms with E-state index in [-0.39, 0.29) is 53.8 Å². The first kappa shape index (κ1) is 34.7. The van der Waals surface area contributed by atoms with Crippen molar-refractivity contribution >= 4 is 59.0 Å². The number of aliphatic hydroxyl groups excluding tert-OH is 4. The van der Waals surface area contributed by atoms with Gasteiger partial charge in [-0.3, -0.25) is 0 Å². The molecule has 0 aliphatic carbocycles. The number of carbonyl (C=O) groups is 2. The van der Waals surface area contributed by atoms with Gasteiger partial charge in [0.15, 0.2) is 28.6 Å². The summed E-state index contributed by atoms with van der Waals surface area (Å²) in [5.41, 5.74) is 1.47. The van der Waals surface area contributed by atoms with Gasteiger partial charge in [-0.05, 0) is 19.4 Å². The van der Waals surface area contributed by atoms with Crippen molar-refractivity contribution in [3.05, 3.63) is 22.3 Å². The van der Waals surface area contributed by atoms with Crippen LogP contribution in [0.15, 0.2) is 19.6 Å². The van der Waals surface area contributed by atoms with Crippen LogP contribution in [0.3, 0.4) is 0 Å². The fourth-order valence-corrected chi connectivity index (χ4v) is 11.6. The highest BCUT2D eigenvalue weighted by Crippen LogP contribution is 2.67. The largest absolute Gasteiger partial charge is 0.462 e. The predicted octanol–water partition coefficient (Wildman–Crippen LogP) is 4.40. The number of thioether (sulfide) groups is 4. The summed E-state index contributed by atoms with van der Waals surface area (Å²) in [4.78, 5) is 29.2. The Balaban J connectivity index is 1.64. The number of rotatable bonds is 10. The number of fused-ring (bicyclic) bond motifs is 4. The second-order valence-corrected chi connectivity index (χ2v) is 18.1. The molecule has 4 N–H and O–H groups in total. The summed E-state index contributed by atoms with van der Waals surface area (Å²) in [6.45, 7) is 8.86. The third-order valence-corrected chi connectivity index (χ3v) is 14.0. The molecule has 4 aliphatic heterocycles. The average molecular weight is 729 g/mol. The second-order valence-electron chi connectivity index (χ2n) is 12.0. The molecule has 2 aromatic rings. The van der Waals surface area contributed by atoms with Gasteiger partial charge in [-0.25, -0.2) is 9.59 Å². The molecule has 0 fully saturated rings. The van der Waals surface area contributed by atoms with E-state index < -0.39 is 58.1 Å². The summed E-state index contributed by atoms with van der Waals surface area (Å²) in [7, 11) is 0. The van der Waals surface area contributed by atoms with Gasteiger partial charge in [0.25, 0.3) is 0 Å². The number of hydrogen-bond acceptors (Lipinski definition) is 16. The first-order chi connectivity index (χ1) is 22.2. The highest BCUT2D eigenvalue weighted by atomic mass is 32.2. The fourth-order valence-electron chi connectivity index (χ4n) is 5.68. The van der Waals surface area contributed by atoms with Gasteiger partial charge in [-0.15, -0.1) is 47.0 Å². The van der Waals surface area contributed by atoms with E-state index in [9.17, 15) is 30.0 Å². The molecule has 6 rings (SSSR count). The van der Waals surface area contributed by atoms with Crippen LogP contribution in [-0.2, 0) is 15.9 Å². The molecule has 2 aromatic carbocycles. The molecule has 0 saturated heterocycles. The summed E-state index contributed by atoms with van der Waals surface area (Å²) in [5, 5.41) is 41.8. The van der Waals surface area contributed by atoms with Gasteiger partial charge in [0.05, 0.1) is 45.2 Å². The molecule has 0 spiro atoms. The van der Waals surface area contributed by atoms with E-state index in [0.29, 0.717) is 30.7 Å². The number of ether oxygens (including phenoxy) is 6. The van der Waals surface area contributed by atoms with Crippen molar-refractivity contribution in [2.75, 3.05) is 39.6 Å². The zero-order chi connectivity index (χ0) is 34.1. The van der Waals surface area contributed by atoms with Crippen LogP contribution in [-0.4, -0.2) is 91.7 Å². The topological polar surface area (TPSA) is 170 Å². The van der Waals surface area contributed by atoms with Gasteiger partial charge in [0.1, 0.15) is 8.16 Å². The first-order valence-electron chi connectivity index (χ1n) is 15.0. The Kier molecular flexibility index (Phi) is 9.07. The lowest BCUT2D eigenvalue weighted by Gasteiger charge is -2.23. The molecule has 16 heteroatoms. The van der Waals surface area contributed by atoms with Crippen molar-refractivity contribution in [2.24, 2.45) is 0 Å². The van der Waals surface area contributed by atoms with Crippen LogP contribution in [0.4, 0.5) is 0 Å². The van der Waals surface area contributed by atoms with Crippen LogP contribution in [0.1, 0.15) is 73.4 Å². The number of esters is 2. The molecule has 0 amide bonds. The molecule has 12 nitrogen and oxygen atoms in total. The van der Waals surface area contributed by atoms with Gasteiger partial charge in [-0.1, -0.05) is 0 Å². The summed E-state index contributed by atoms with van der Waals surface area (Å²) in [6, 6.07) is 0. The van der Waals surface area contributed by atoms with Crippen LogP contribution >= 0.6 is 47.0 Å². The smallest absolute Gasteiger partial charge is 0.346 e. The van der Waals surface area contributed by atoms with Crippen LogP contribution in [0.25, 0.3) is 0 Å². The van der Waals surface area contributed by atoms with Crippen molar-refractivity contribution in [2.45, 2.75) is 87.3 Å². The summed E-state index contributed by atoms with van der Waals surface area (Å²) in [6.07, 6.45) is 0.0986. The van der Waals surface area contributed by atoms with Crippen molar-refractivity contribution in [3.8, 4) is 23.0 Å². The Bertz CT molecular complexity index is 1550. The number of carbonyl (C=O) groups excluding carboxylic acids is 2. The minimum absolute atomic E-state index is 0.0406. The predicted molar refractivity (Wildman–Crippen MR) is 176 cm³/mol. The maximum Gasteiger partial charge on any atom is 0.346 e. The lowest BCUT2D eigenvalue weighted by Crippen LogP contribution is -2.31. The van der Waals surface area contributed by atoms with Crippen molar-refractivity contribution in [1.29, 1.82) is 0 Å². The minimum atomic E-state index is -1.17. The molecule has 0 radical (unpaired) electrons. The lowest BCUT2D eigenvalue weighted by molar-refractivity contribution is -0.0494. The zero-order valence-corrected chi connectivity index (χ0v) is 29.9. The van der Waals surface area contributed by atoms with Gasteiger partial charge >= 0.3 is 11.9 Å². The molecule has 47 heavy (non-hydrogen) atoms. The summed E-state index contributed by atoms with van der Waals surface area (Å²) >= 11 is 4.81. The molecule has 0 atom stereocenters. The molecular formula is C31H36O12S4. The maximum absolute atomic E-state index is 13.6. The van der Waals surface area contributed by atoms with E-state index in [0.717, 1.165) is 0 Å². The number of hydrogen-bond donors (Lipinski definition) is 4. The average Bonchev–Trinajstić information content (AvgIpc) is 3.76. The van der Waals surface area contributed by atoms with Crippen molar-refractivity contribution < 1.29 is 58.4 Å². The monoisotopic (exact) mass is 728 g/mol. The molecule has 0 aromatic heterocycles. The SMILES string of the molecule is CCOC(=O)c1c2c(c(Cc3c4c(c(C(=O)OCC)c5c3SC(CO)(CO)S5)SC(CO)(CO)S4)c3c1OC(C)(C)O3)OC(C)(C)O2. The Hall–Kier alpha value is -2.18. The highest BCUT2D eigenvalue weighted by Gasteiger charge is 2.51. The van der Waals surface area contributed by atoms with E-state index in [1.807, 2.05) is 0 Å². The molecular weight excluding hydrogens is 693 g/mol. The molecule has 0 saturated carbocycles. The third kappa shape index (κ3) is 5.71. The van der Waals surface area contributed by atoms with Crippen molar-refractivity contribution in [3.63, 3.8) is 0 Å². The first-order valence-corrected chi connectivity index (χ1v) is 18.2. The maximum atomic E-state index is 13.6. The van der Waals surface area contributed by atoms with Crippen LogP contribution in [0.5, 0.6) is 23.0 Å². The number of aliphatic hydroxyl groups is 4. The van der Waals surface area contributed by atoms with Gasteiger partial charge in [0.2, 0.25) is 11.6 Å². The Morgan fingerprint density at radius 2 is 0.936 bits per heavy atom. The van der Waals surface area contributed by atoms with Gasteiger partial charge in [-0.2, -0.15) is 0 Å². The van der Waals surface area contributed by atoms with Crippen LogP contribution in [0, 0.1) is 0 Å². The second kappa shape index (κ2) is 12.3. The normalized spacial score (nSPS) is 19.8. The highest BCUT2D eigenvalue weighted by molar-refractivity contribution is 8.22. The van der Waals surface area contributed by atoms with Gasteiger partial charge in [0, 0.05) is 59.3 Å². The van der Waals surface area contributed by atoms with E-state index >= 15 is 0 Å². The fraction of sp³-hybridized carbons (Fsp3) is 0.548. The summed E-state index contributed by atoms with van der Waals surface area (Å²) < 4.78 is 33.7. The van der Waals surface area contributed by atoms with Crippen molar-refractivity contribution in [1.82, 2.24) is 0 Å². The Labute approximate surface area is 288 Å². The molecule has 0 bridgehead atoms. The number of benzene rings is 2. The standard InChI is InChI=1S/C31H36O12S4/c1-7-38-26(36)16-20-18(40-28(3,4)42-20)14(19-21(16)43-29(5,6)41-19)9-15-22-24(46-30(10-32,11-33)44-22)17(27(37)39-8-2)25-23(15)45-31(12-34,13-35)47-25/h32-35H,7-13H2,1-6H3. The molecule has 0 unspecified atom stereocenters. The summed E-state index contributed by atoms with van der Waals surface area (Å²) in [5.74, 6) is -2.79. The minimum Gasteiger partial charge on any atom is -0.462 e. The van der Waals surface area contributed by atoms with E-state index in [1.165, 1.54) is 47.0 Å². The molecule has 256 valence electrons. The van der Waals surface area contributed by atoms with E-state index in [2.05, 4.69) is 0 Å². The zero-order valence-electron chi connectivity index (χ0n) is 26.6. The van der Waals surface area contributed by atoms with E-state index in [1.54, 1.807) is 41.5 Å². The van der Waals surface area contributed by atoms with Gasteiger partial charge < -0.3 is 48.8 Å². The molecule has 4 heterocycles. The quantitative estimate of drug-likeness (QED) is 0.254. The van der Waals surface area contributed by atoms with Crippen LogP contribution in [0.2, 0.25) is 0 Å². The van der Waals surface area contributed by atoms with Crippen LogP contribution < -0.4 is 18.9 Å². The Morgan fingerprint density at radius 3 is 1.32 bits per heavy atom. The Morgan fingerprint density at radius 1 is 0.574 bits per heavy atom. The lowest BCUT2D eigenvalue weighted by atomic mass is 9.98. The molecule has 4 aliphatic rings.